The van der Waals surface area contributed by atoms with Crippen LogP contribution in [0.3, 0.4) is 0 Å². The predicted octanol–water partition coefficient (Wildman–Crippen LogP) is 4.47. The summed E-state index contributed by atoms with van der Waals surface area (Å²) in [5.41, 5.74) is 1.89. The number of hydrogen-bond acceptors (Lipinski definition) is 6. The highest BCUT2D eigenvalue weighted by Gasteiger charge is 2.18. The SMILES string of the molecule is Cc1cc(C)c(-n2c(O)c(C=Nc3ccc(S(=O)(=O)Nc4ccccc4Br)cc3)c(=O)[nH]c2=O)c(C)c1. The van der Waals surface area contributed by atoms with E-state index in [1.807, 2.05) is 19.1 Å². The molecule has 0 bridgehead atoms. The second kappa shape index (κ2) is 10.2. The second-order valence-corrected chi connectivity index (χ2v) is 11.0. The lowest BCUT2D eigenvalue weighted by atomic mass is 10.0. The molecule has 0 saturated heterocycles. The topological polar surface area (TPSA) is 134 Å². The first-order valence-corrected chi connectivity index (χ1v) is 13.3. The van der Waals surface area contributed by atoms with E-state index in [-0.39, 0.29) is 10.5 Å². The van der Waals surface area contributed by atoms with Crippen LogP contribution >= 0.6 is 15.9 Å². The number of anilines is 1. The van der Waals surface area contributed by atoms with Gasteiger partial charge in [-0.25, -0.2) is 17.8 Å². The van der Waals surface area contributed by atoms with Crippen LogP contribution < -0.4 is 16.0 Å². The fourth-order valence-corrected chi connectivity index (χ4v) is 5.58. The molecule has 11 heteroatoms. The van der Waals surface area contributed by atoms with E-state index in [9.17, 15) is 23.1 Å². The number of rotatable bonds is 6. The van der Waals surface area contributed by atoms with E-state index in [1.54, 1.807) is 38.1 Å². The summed E-state index contributed by atoms with van der Waals surface area (Å²) in [6.45, 7) is 5.53. The zero-order valence-electron chi connectivity index (χ0n) is 20.1. The average Bonchev–Trinajstić information content (AvgIpc) is 2.82. The highest BCUT2D eigenvalue weighted by molar-refractivity contribution is 9.10. The van der Waals surface area contributed by atoms with Gasteiger partial charge >= 0.3 is 5.69 Å². The minimum Gasteiger partial charge on any atom is -0.493 e. The van der Waals surface area contributed by atoms with Crippen molar-refractivity contribution in [3.8, 4) is 11.6 Å². The van der Waals surface area contributed by atoms with Crippen LogP contribution in [0, 0.1) is 20.8 Å². The number of aromatic hydroxyl groups is 1. The Morgan fingerprint density at radius 3 is 2.24 bits per heavy atom. The predicted molar refractivity (Wildman–Crippen MR) is 147 cm³/mol. The Morgan fingerprint density at radius 1 is 1.00 bits per heavy atom. The molecule has 3 N–H and O–H groups in total. The molecule has 0 saturated carbocycles. The lowest BCUT2D eigenvalue weighted by Crippen LogP contribution is -2.32. The molecule has 0 radical (unpaired) electrons. The van der Waals surface area contributed by atoms with E-state index in [1.165, 1.54) is 24.3 Å². The molecule has 0 aliphatic carbocycles. The van der Waals surface area contributed by atoms with Gasteiger partial charge in [-0.15, -0.1) is 0 Å². The molecule has 4 rings (SSSR count). The Balaban J connectivity index is 1.66. The Hall–Kier alpha value is -3.96. The van der Waals surface area contributed by atoms with Crippen molar-refractivity contribution in [1.29, 1.82) is 0 Å². The molecule has 0 aliphatic rings. The van der Waals surface area contributed by atoms with Crippen molar-refractivity contribution in [1.82, 2.24) is 9.55 Å². The first kappa shape index (κ1) is 26.1. The summed E-state index contributed by atoms with van der Waals surface area (Å²) in [5.74, 6) is -0.551. The number of nitrogens with one attached hydrogen (secondary N) is 2. The number of hydrogen-bond donors (Lipinski definition) is 3. The third-order valence-corrected chi connectivity index (χ3v) is 7.66. The standard InChI is InChI=1S/C26H23BrN4O5S/c1-15-12-16(2)23(17(3)13-15)31-25(33)20(24(32)29-26(31)34)14-28-18-8-10-19(11-9-18)37(35,36)30-22-7-5-4-6-21(22)27/h4-14,30,33H,1-3H3,(H,29,32,34). The molecule has 0 fully saturated rings. The Bertz CT molecular complexity index is 1730. The minimum atomic E-state index is -3.85. The van der Waals surface area contributed by atoms with E-state index in [2.05, 4.69) is 30.6 Å². The molecule has 3 aromatic carbocycles. The summed E-state index contributed by atoms with van der Waals surface area (Å²) in [4.78, 5) is 31.5. The number of aromatic amines is 1. The van der Waals surface area contributed by atoms with Crippen LogP contribution in [0.1, 0.15) is 22.3 Å². The highest BCUT2D eigenvalue weighted by atomic mass is 79.9. The summed E-state index contributed by atoms with van der Waals surface area (Å²) >= 11 is 3.31. The lowest BCUT2D eigenvalue weighted by Gasteiger charge is -2.15. The zero-order valence-corrected chi connectivity index (χ0v) is 22.5. The molecule has 190 valence electrons. The molecule has 0 spiro atoms. The molecular formula is C26H23BrN4O5S. The van der Waals surface area contributed by atoms with Crippen molar-refractivity contribution in [2.75, 3.05) is 4.72 Å². The largest absolute Gasteiger partial charge is 0.493 e. The van der Waals surface area contributed by atoms with Gasteiger partial charge in [0, 0.05) is 10.7 Å². The van der Waals surface area contributed by atoms with Gasteiger partial charge in [0.15, 0.2) is 0 Å². The van der Waals surface area contributed by atoms with E-state index in [0.717, 1.165) is 27.5 Å². The quantitative estimate of drug-likeness (QED) is 0.288. The van der Waals surface area contributed by atoms with Crippen molar-refractivity contribution in [3.63, 3.8) is 0 Å². The fourth-order valence-electron chi connectivity index (χ4n) is 3.99. The summed E-state index contributed by atoms with van der Waals surface area (Å²) in [6, 6.07) is 16.2. The molecular weight excluding hydrogens is 560 g/mol. The average molecular weight is 583 g/mol. The number of H-pyrrole nitrogens is 1. The normalized spacial score (nSPS) is 11.7. The summed E-state index contributed by atoms with van der Waals surface area (Å²) in [6.07, 6.45) is 1.13. The van der Waals surface area contributed by atoms with Gasteiger partial charge in [-0.3, -0.25) is 19.5 Å². The molecule has 4 aromatic rings. The van der Waals surface area contributed by atoms with E-state index in [4.69, 9.17) is 0 Å². The van der Waals surface area contributed by atoms with Gasteiger partial charge in [0.1, 0.15) is 5.56 Å². The molecule has 0 unspecified atom stereocenters. The van der Waals surface area contributed by atoms with Crippen LogP contribution in [0.4, 0.5) is 11.4 Å². The van der Waals surface area contributed by atoms with Crippen molar-refractivity contribution in [2.45, 2.75) is 25.7 Å². The van der Waals surface area contributed by atoms with Crippen molar-refractivity contribution >= 4 is 43.5 Å². The van der Waals surface area contributed by atoms with Gasteiger partial charge < -0.3 is 5.11 Å². The van der Waals surface area contributed by atoms with Gasteiger partial charge in [0.2, 0.25) is 5.88 Å². The van der Waals surface area contributed by atoms with E-state index < -0.39 is 27.2 Å². The molecule has 1 aromatic heterocycles. The maximum absolute atomic E-state index is 12.7. The second-order valence-electron chi connectivity index (χ2n) is 8.42. The van der Waals surface area contributed by atoms with Crippen LogP contribution in [0.25, 0.3) is 5.69 Å². The number of aryl methyl sites for hydroxylation is 3. The van der Waals surface area contributed by atoms with Gasteiger partial charge in [-0.2, -0.15) is 0 Å². The Labute approximate surface area is 221 Å². The molecule has 0 atom stereocenters. The van der Waals surface area contributed by atoms with Crippen LogP contribution in [-0.4, -0.2) is 29.3 Å². The molecule has 0 amide bonds. The van der Waals surface area contributed by atoms with Crippen LogP contribution in [0.15, 0.2) is 84.6 Å². The maximum Gasteiger partial charge on any atom is 0.335 e. The van der Waals surface area contributed by atoms with Gasteiger partial charge in [-0.05, 0) is 84.2 Å². The van der Waals surface area contributed by atoms with Gasteiger partial charge in [-0.1, -0.05) is 29.8 Å². The van der Waals surface area contributed by atoms with E-state index in [0.29, 0.717) is 21.5 Å². The smallest absolute Gasteiger partial charge is 0.335 e. The number of halogens is 1. The molecule has 37 heavy (non-hydrogen) atoms. The number of para-hydroxylation sites is 1. The number of nitrogens with zero attached hydrogens (tertiary/aromatic N) is 2. The Kier molecular flexibility index (Phi) is 7.19. The van der Waals surface area contributed by atoms with Crippen molar-refractivity contribution in [3.05, 3.63) is 108 Å². The molecule has 0 aliphatic heterocycles. The molecule has 1 heterocycles. The highest BCUT2D eigenvalue weighted by Crippen LogP contribution is 2.26. The van der Waals surface area contributed by atoms with Crippen LogP contribution in [0.5, 0.6) is 5.88 Å². The fraction of sp³-hybridized carbons (Fsp3) is 0.115. The van der Waals surface area contributed by atoms with Crippen LogP contribution in [-0.2, 0) is 10.0 Å². The molecule has 9 nitrogen and oxygen atoms in total. The first-order chi connectivity index (χ1) is 17.5. The van der Waals surface area contributed by atoms with E-state index >= 15 is 0 Å². The number of aromatic nitrogens is 2. The maximum atomic E-state index is 12.7. The third kappa shape index (κ3) is 5.42. The van der Waals surface area contributed by atoms with Gasteiger partial charge in [0.05, 0.1) is 22.0 Å². The first-order valence-electron chi connectivity index (χ1n) is 11.1. The van der Waals surface area contributed by atoms with Crippen molar-refractivity contribution < 1.29 is 13.5 Å². The summed E-state index contributed by atoms with van der Waals surface area (Å²) in [7, 11) is -3.85. The summed E-state index contributed by atoms with van der Waals surface area (Å²) in [5, 5.41) is 10.9. The number of aliphatic imine (C=N–C) groups is 1. The zero-order chi connectivity index (χ0) is 26.9. The summed E-state index contributed by atoms with van der Waals surface area (Å²) < 4.78 is 29.6. The van der Waals surface area contributed by atoms with Crippen molar-refractivity contribution in [2.24, 2.45) is 4.99 Å². The number of benzene rings is 3. The van der Waals surface area contributed by atoms with Gasteiger partial charge in [0.25, 0.3) is 15.6 Å². The number of sulfonamides is 1. The Morgan fingerprint density at radius 2 is 1.62 bits per heavy atom. The van der Waals surface area contributed by atoms with Crippen LogP contribution in [0.2, 0.25) is 0 Å². The minimum absolute atomic E-state index is 0.0155. The third-order valence-electron chi connectivity index (χ3n) is 5.59. The lowest BCUT2D eigenvalue weighted by molar-refractivity contribution is 0.429. The monoisotopic (exact) mass is 582 g/mol.